The molecule has 2 rings (SSSR count). The van der Waals surface area contributed by atoms with E-state index in [9.17, 15) is 9.59 Å². The molecule has 120 valence electrons. The smallest absolute Gasteiger partial charge is 0.228 e. The molecule has 0 fully saturated rings. The Kier molecular flexibility index (Phi) is 5.01. The minimum absolute atomic E-state index is 0.0673. The number of rotatable bonds is 5. The van der Waals surface area contributed by atoms with E-state index in [1.807, 2.05) is 24.3 Å². The lowest BCUT2D eigenvalue weighted by Crippen LogP contribution is -2.26. The summed E-state index contributed by atoms with van der Waals surface area (Å²) >= 11 is 0. The quantitative estimate of drug-likeness (QED) is 0.668. The van der Waals surface area contributed by atoms with Gasteiger partial charge in [-0.25, -0.2) is 0 Å². The summed E-state index contributed by atoms with van der Waals surface area (Å²) < 4.78 is 10.1. The van der Waals surface area contributed by atoms with Gasteiger partial charge in [0.25, 0.3) is 0 Å². The molecule has 0 bridgehead atoms. The van der Waals surface area contributed by atoms with Crippen LogP contribution in [0.5, 0.6) is 0 Å². The fourth-order valence-corrected chi connectivity index (χ4v) is 2.53. The molecule has 1 N–H and O–H groups in total. The average molecular weight is 314 g/mol. The predicted molar refractivity (Wildman–Crippen MR) is 85.6 cm³/mol. The summed E-state index contributed by atoms with van der Waals surface area (Å²) in [6, 6.07) is 7.33. The Morgan fingerprint density at radius 2 is 1.65 bits per heavy atom. The number of hydrogen-bond acceptors (Lipinski definition) is 5. The van der Waals surface area contributed by atoms with Crippen LogP contribution in [0, 0.1) is 0 Å². The summed E-state index contributed by atoms with van der Waals surface area (Å²) in [6.45, 7) is 1.60. The summed E-state index contributed by atoms with van der Waals surface area (Å²) in [7, 11) is 2.67. The first-order valence-corrected chi connectivity index (χ1v) is 7.05. The third-order valence-electron chi connectivity index (χ3n) is 3.77. The molecule has 0 unspecified atom stereocenters. The first-order valence-electron chi connectivity index (χ1n) is 7.05. The molecular formula is C18H18O5. The molecule has 23 heavy (non-hydrogen) atoms. The number of ether oxygens (including phenoxy) is 2. The van der Waals surface area contributed by atoms with Crippen molar-refractivity contribution in [1.29, 1.82) is 0 Å². The number of carbonyl (C=O) groups is 2. The number of aliphatic hydroxyl groups excluding tert-OH is 1. The van der Waals surface area contributed by atoms with E-state index in [1.165, 1.54) is 20.3 Å². The first kappa shape index (κ1) is 16.5. The van der Waals surface area contributed by atoms with Crippen LogP contribution in [-0.4, -0.2) is 30.9 Å². The summed E-state index contributed by atoms with van der Waals surface area (Å²) in [5.41, 5.74) is 2.31. The van der Waals surface area contributed by atoms with Crippen LogP contribution in [0.3, 0.4) is 0 Å². The largest absolute Gasteiger partial charge is 0.516 e. The fourth-order valence-electron chi connectivity index (χ4n) is 2.53. The van der Waals surface area contributed by atoms with E-state index in [1.54, 1.807) is 6.92 Å². The van der Waals surface area contributed by atoms with Crippen LogP contribution < -0.4 is 0 Å². The highest BCUT2D eigenvalue weighted by Crippen LogP contribution is 2.28. The van der Waals surface area contributed by atoms with Crippen molar-refractivity contribution in [2.45, 2.75) is 13.3 Å². The zero-order valence-electron chi connectivity index (χ0n) is 13.3. The van der Waals surface area contributed by atoms with E-state index in [4.69, 9.17) is 14.6 Å². The Balaban J connectivity index is 2.47. The summed E-state index contributed by atoms with van der Waals surface area (Å²) in [5, 5.41) is 8.99. The Morgan fingerprint density at radius 3 is 2.26 bits per heavy atom. The molecule has 0 radical (unpaired) electrons. The molecule has 0 spiro atoms. The normalized spacial score (nSPS) is 15.6. The van der Waals surface area contributed by atoms with Gasteiger partial charge in [0.05, 0.1) is 20.5 Å². The number of benzene rings is 1. The number of methoxy groups -OCH3 is 2. The van der Waals surface area contributed by atoms with Gasteiger partial charge in [0.15, 0.2) is 0 Å². The molecule has 5 nitrogen and oxygen atoms in total. The van der Waals surface area contributed by atoms with Crippen molar-refractivity contribution in [1.82, 2.24) is 0 Å². The van der Waals surface area contributed by atoms with Gasteiger partial charge in [-0.3, -0.25) is 9.59 Å². The van der Waals surface area contributed by atoms with Crippen molar-refractivity contribution >= 4 is 17.6 Å². The second kappa shape index (κ2) is 6.96. The second-order valence-electron chi connectivity index (χ2n) is 5.02. The zero-order valence-corrected chi connectivity index (χ0v) is 13.3. The Hall–Kier alpha value is -2.82. The third-order valence-corrected chi connectivity index (χ3v) is 3.77. The summed E-state index contributed by atoms with van der Waals surface area (Å²) in [5.74, 6) is -0.853. The van der Waals surface area contributed by atoms with Crippen molar-refractivity contribution < 1.29 is 24.2 Å². The Morgan fingerprint density at radius 1 is 1.04 bits per heavy atom. The molecule has 5 heteroatoms. The van der Waals surface area contributed by atoms with Crippen molar-refractivity contribution in [3.05, 3.63) is 64.3 Å². The minimum Gasteiger partial charge on any atom is -0.516 e. The number of ketones is 2. The number of aliphatic hydroxyl groups is 1. The molecule has 0 heterocycles. The monoisotopic (exact) mass is 314 g/mol. The van der Waals surface area contributed by atoms with E-state index in [-0.39, 0.29) is 29.5 Å². The standard InChI is InChI=1S/C18H18O5/c1-11-14(10-13-7-5-4-6-12(13)8-9-19)16(21)18(23-3)17(22-2)15(11)20/h4-9,19H,10H2,1-3H3/b9-8+. The van der Waals surface area contributed by atoms with Gasteiger partial charge < -0.3 is 14.6 Å². The van der Waals surface area contributed by atoms with Crippen molar-refractivity contribution in [3.63, 3.8) is 0 Å². The van der Waals surface area contributed by atoms with Crippen LogP contribution in [0.2, 0.25) is 0 Å². The molecule has 0 atom stereocenters. The van der Waals surface area contributed by atoms with Crippen LogP contribution in [0.15, 0.2) is 53.2 Å². The van der Waals surface area contributed by atoms with Crippen molar-refractivity contribution in [2.24, 2.45) is 0 Å². The van der Waals surface area contributed by atoms with Crippen LogP contribution in [0.4, 0.5) is 0 Å². The fraction of sp³-hybridized carbons (Fsp3) is 0.222. The van der Waals surface area contributed by atoms with Gasteiger partial charge in [-0.2, -0.15) is 0 Å². The molecule has 1 aliphatic carbocycles. The lowest BCUT2D eigenvalue weighted by Gasteiger charge is -2.20. The van der Waals surface area contributed by atoms with Gasteiger partial charge in [0.1, 0.15) is 0 Å². The number of allylic oxidation sites excluding steroid dienone is 2. The molecular weight excluding hydrogens is 296 g/mol. The van der Waals surface area contributed by atoms with Gasteiger partial charge in [-0.15, -0.1) is 0 Å². The van der Waals surface area contributed by atoms with E-state index in [0.29, 0.717) is 11.1 Å². The summed E-state index contributed by atoms with van der Waals surface area (Å²) in [6.07, 6.45) is 2.74. The highest BCUT2D eigenvalue weighted by molar-refractivity contribution is 6.23. The lowest BCUT2D eigenvalue weighted by molar-refractivity contribution is -0.121. The molecule has 1 aromatic carbocycles. The molecule has 1 aromatic rings. The molecule has 0 amide bonds. The van der Waals surface area contributed by atoms with E-state index in [2.05, 4.69) is 0 Å². The van der Waals surface area contributed by atoms with Crippen LogP contribution in [0.1, 0.15) is 18.1 Å². The minimum atomic E-state index is -0.357. The highest BCUT2D eigenvalue weighted by atomic mass is 16.5. The number of hydrogen-bond donors (Lipinski definition) is 1. The van der Waals surface area contributed by atoms with E-state index >= 15 is 0 Å². The van der Waals surface area contributed by atoms with Crippen LogP contribution in [-0.2, 0) is 25.5 Å². The molecule has 1 aliphatic rings. The average Bonchev–Trinajstić information content (AvgIpc) is 2.56. The maximum absolute atomic E-state index is 12.6. The highest BCUT2D eigenvalue weighted by Gasteiger charge is 2.34. The zero-order chi connectivity index (χ0) is 17.0. The van der Waals surface area contributed by atoms with E-state index < -0.39 is 0 Å². The molecule has 0 saturated carbocycles. The SMILES string of the molecule is COC1=C(OC)C(=O)C(Cc2ccccc2/C=C/O)=C(C)C1=O. The van der Waals surface area contributed by atoms with Crippen molar-refractivity contribution in [3.8, 4) is 0 Å². The topological polar surface area (TPSA) is 72.8 Å². The van der Waals surface area contributed by atoms with Crippen LogP contribution in [0.25, 0.3) is 6.08 Å². The third kappa shape index (κ3) is 3.04. The lowest BCUT2D eigenvalue weighted by atomic mass is 9.87. The summed E-state index contributed by atoms with van der Waals surface area (Å²) in [4.78, 5) is 25.0. The van der Waals surface area contributed by atoms with Gasteiger partial charge in [-0.1, -0.05) is 24.3 Å². The van der Waals surface area contributed by atoms with Gasteiger partial charge in [-0.05, 0) is 24.1 Å². The van der Waals surface area contributed by atoms with Crippen LogP contribution >= 0.6 is 0 Å². The molecule has 0 aliphatic heterocycles. The Bertz CT molecular complexity index is 738. The first-order chi connectivity index (χ1) is 11.0. The molecule has 0 aromatic heterocycles. The van der Waals surface area contributed by atoms with Crippen molar-refractivity contribution in [2.75, 3.05) is 14.2 Å². The maximum atomic E-state index is 12.6. The predicted octanol–water partition coefficient (Wildman–Crippen LogP) is 2.73. The van der Waals surface area contributed by atoms with Gasteiger partial charge in [0, 0.05) is 17.6 Å². The number of Topliss-reactive ketones (excluding diaryl/α,β-unsaturated/α-hetero) is 2. The number of carbonyl (C=O) groups excluding carboxylic acids is 2. The van der Waals surface area contributed by atoms with Gasteiger partial charge >= 0.3 is 0 Å². The van der Waals surface area contributed by atoms with Gasteiger partial charge in [0.2, 0.25) is 23.1 Å². The second-order valence-corrected chi connectivity index (χ2v) is 5.02. The van der Waals surface area contributed by atoms with E-state index in [0.717, 1.165) is 17.4 Å². The molecule has 0 saturated heterocycles. The maximum Gasteiger partial charge on any atom is 0.228 e. The Labute approximate surface area is 134 Å².